The fourth-order valence-electron chi connectivity index (χ4n) is 5.26. The highest BCUT2D eigenvalue weighted by molar-refractivity contribution is 5.81. The van der Waals surface area contributed by atoms with Crippen molar-refractivity contribution in [1.29, 1.82) is 0 Å². The van der Waals surface area contributed by atoms with Crippen LogP contribution in [-0.2, 0) is 4.79 Å². The number of carbonyl (C=O) groups is 1. The second kappa shape index (κ2) is 4.22. The standard InChI is InChI=1S/C15H24N2O/c18-15-12-9-11(13-5-2-4-8-17(13)15)10-16-7-3-1-6-14(12)16/h11-14H,1-10H2/p+1/t11-,12+,13+,14+/m0/s1. The monoisotopic (exact) mass is 249 g/mol. The average Bonchev–Trinajstić information content (AvgIpc) is 2.44. The van der Waals surface area contributed by atoms with Crippen LogP contribution in [0.1, 0.15) is 44.9 Å². The average molecular weight is 249 g/mol. The molecule has 0 aromatic carbocycles. The van der Waals surface area contributed by atoms with E-state index in [9.17, 15) is 4.79 Å². The van der Waals surface area contributed by atoms with E-state index in [1.54, 1.807) is 4.90 Å². The molecule has 1 unspecified atom stereocenters. The number of hydrogen-bond donors (Lipinski definition) is 1. The summed E-state index contributed by atoms with van der Waals surface area (Å²) in [5.41, 5.74) is 0. The second-order valence-corrected chi connectivity index (χ2v) is 6.91. The molecule has 0 radical (unpaired) electrons. The third-order valence-electron chi connectivity index (χ3n) is 6.05. The lowest BCUT2D eigenvalue weighted by Gasteiger charge is -2.54. The van der Waals surface area contributed by atoms with Crippen LogP contribution in [0.15, 0.2) is 0 Å². The lowest BCUT2D eigenvalue weighted by molar-refractivity contribution is -0.943. The maximum Gasteiger partial charge on any atom is 0.231 e. The smallest absolute Gasteiger partial charge is 0.231 e. The first-order valence-corrected chi connectivity index (χ1v) is 7.99. The highest BCUT2D eigenvalue weighted by Crippen LogP contribution is 2.38. The van der Waals surface area contributed by atoms with Crippen molar-refractivity contribution in [1.82, 2.24) is 4.90 Å². The minimum absolute atomic E-state index is 0.383. The van der Waals surface area contributed by atoms with E-state index in [0.29, 0.717) is 23.9 Å². The van der Waals surface area contributed by atoms with Gasteiger partial charge >= 0.3 is 0 Å². The van der Waals surface area contributed by atoms with E-state index in [1.165, 1.54) is 58.0 Å². The molecule has 0 spiro atoms. The molecule has 4 heterocycles. The topological polar surface area (TPSA) is 24.8 Å². The molecule has 3 nitrogen and oxygen atoms in total. The summed E-state index contributed by atoms with van der Waals surface area (Å²) in [6, 6.07) is 1.28. The number of piperidine rings is 4. The molecule has 5 atom stereocenters. The molecule has 4 rings (SSSR count). The maximum atomic E-state index is 12.7. The Labute approximate surface area is 110 Å². The van der Waals surface area contributed by atoms with Crippen LogP contribution in [0.3, 0.4) is 0 Å². The first-order chi connectivity index (χ1) is 8.84. The van der Waals surface area contributed by atoms with Gasteiger partial charge in [-0.15, -0.1) is 0 Å². The van der Waals surface area contributed by atoms with Gasteiger partial charge in [-0.2, -0.15) is 0 Å². The fraction of sp³-hybridized carbons (Fsp3) is 0.933. The number of rotatable bonds is 0. The van der Waals surface area contributed by atoms with Gasteiger partial charge in [-0.1, -0.05) is 0 Å². The summed E-state index contributed by atoms with van der Waals surface area (Å²) in [6.07, 6.45) is 9.11. The van der Waals surface area contributed by atoms with Crippen LogP contribution in [0.25, 0.3) is 0 Å². The Morgan fingerprint density at radius 2 is 2.00 bits per heavy atom. The lowest BCUT2D eigenvalue weighted by atomic mass is 9.70. The van der Waals surface area contributed by atoms with Crippen LogP contribution in [-0.4, -0.2) is 42.5 Å². The van der Waals surface area contributed by atoms with Crippen LogP contribution >= 0.6 is 0 Å². The first kappa shape index (κ1) is 11.3. The van der Waals surface area contributed by atoms with Gasteiger partial charge in [0.05, 0.1) is 25.0 Å². The van der Waals surface area contributed by atoms with Gasteiger partial charge in [-0.25, -0.2) is 0 Å². The van der Waals surface area contributed by atoms with Crippen LogP contribution < -0.4 is 4.90 Å². The van der Waals surface area contributed by atoms with E-state index < -0.39 is 0 Å². The van der Waals surface area contributed by atoms with E-state index in [2.05, 4.69) is 4.90 Å². The molecule has 4 aliphatic rings. The van der Waals surface area contributed by atoms with E-state index >= 15 is 0 Å². The van der Waals surface area contributed by atoms with Crippen molar-refractivity contribution in [3.05, 3.63) is 0 Å². The SMILES string of the molecule is O=C1[C@@H]2C[C@@H](C[NH+]3CCCC[C@H]23)[C@H]2CCCCN12. The molecule has 3 heteroatoms. The summed E-state index contributed by atoms with van der Waals surface area (Å²) in [6.45, 7) is 3.74. The van der Waals surface area contributed by atoms with Gasteiger partial charge < -0.3 is 9.80 Å². The molecule has 2 bridgehead atoms. The molecule has 1 amide bonds. The number of nitrogens with zero attached hydrogens (tertiary/aromatic N) is 1. The summed E-state index contributed by atoms with van der Waals surface area (Å²) in [5, 5.41) is 0. The van der Waals surface area contributed by atoms with Crippen LogP contribution in [0.5, 0.6) is 0 Å². The normalized spacial score (nSPS) is 47.4. The first-order valence-electron chi connectivity index (χ1n) is 7.99. The third kappa shape index (κ3) is 1.56. The number of carbonyl (C=O) groups excluding carboxylic acids is 1. The molecular weight excluding hydrogens is 224 g/mol. The van der Waals surface area contributed by atoms with E-state index in [4.69, 9.17) is 0 Å². The minimum atomic E-state index is 0.383. The summed E-state index contributed by atoms with van der Waals surface area (Å²) in [4.78, 5) is 16.8. The number of fused-ring (bicyclic) bond motifs is 6. The molecule has 4 fully saturated rings. The number of quaternary nitrogens is 1. The predicted octanol–water partition coefficient (Wildman–Crippen LogP) is 0.455. The quantitative estimate of drug-likeness (QED) is 0.662. The van der Waals surface area contributed by atoms with Crippen LogP contribution in [0.4, 0.5) is 0 Å². The van der Waals surface area contributed by atoms with Crippen molar-refractivity contribution in [3.63, 3.8) is 0 Å². The van der Waals surface area contributed by atoms with Crippen molar-refractivity contribution in [2.75, 3.05) is 19.6 Å². The van der Waals surface area contributed by atoms with Gasteiger partial charge in [0.2, 0.25) is 5.91 Å². The van der Waals surface area contributed by atoms with Crippen molar-refractivity contribution in [2.24, 2.45) is 11.8 Å². The summed E-state index contributed by atoms with van der Waals surface area (Å²) in [5.74, 6) is 1.73. The molecule has 18 heavy (non-hydrogen) atoms. The summed E-state index contributed by atoms with van der Waals surface area (Å²) >= 11 is 0. The number of amides is 1. The van der Waals surface area contributed by atoms with E-state index in [1.807, 2.05) is 0 Å². The highest BCUT2D eigenvalue weighted by atomic mass is 16.2. The second-order valence-electron chi connectivity index (χ2n) is 6.91. The largest absolute Gasteiger partial charge is 0.339 e. The van der Waals surface area contributed by atoms with Crippen molar-refractivity contribution in [2.45, 2.75) is 57.0 Å². The fourth-order valence-corrected chi connectivity index (χ4v) is 5.26. The number of nitrogens with one attached hydrogen (secondary N) is 1. The minimum Gasteiger partial charge on any atom is -0.339 e. The Balaban J connectivity index is 1.63. The van der Waals surface area contributed by atoms with E-state index in [-0.39, 0.29) is 0 Å². The Morgan fingerprint density at radius 1 is 1.11 bits per heavy atom. The van der Waals surface area contributed by atoms with E-state index in [0.717, 1.165) is 12.5 Å². The zero-order valence-corrected chi connectivity index (χ0v) is 11.2. The van der Waals surface area contributed by atoms with Gasteiger partial charge in [0.1, 0.15) is 0 Å². The highest BCUT2D eigenvalue weighted by Gasteiger charge is 2.53. The Morgan fingerprint density at radius 3 is 2.94 bits per heavy atom. The van der Waals surface area contributed by atoms with Crippen molar-refractivity contribution in [3.8, 4) is 0 Å². The Bertz CT molecular complexity index is 354. The summed E-state index contributed by atoms with van der Waals surface area (Å²) < 4.78 is 0. The molecular formula is C15H25N2O+. The van der Waals surface area contributed by atoms with Gasteiger partial charge in [-0.05, 0) is 38.5 Å². The zero-order valence-electron chi connectivity index (χ0n) is 11.2. The molecule has 0 aromatic rings. The molecule has 0 saturated carbocycles. The molecule has 0 aromatic heterocycles. The molecule has 0 aliphatic carbocycles. The van der Waals surface area contributed by atoms with Gasteiger partial charge in [0.25, 0.3) is 0 Å². The third-order valence-corrected chi connectivity index (χ3v) is 6.05. The van der Waals surface area contributed by atoms with Crippen molar-refractivity contribution < 1.29 is 9.69 Å². The lowest BCUT2D eigenvalue weighted by Crippen LogP contribution is -3.19. The molecule has 4 saturated heterocycles. The number of hydrogen-bond acceptors (Lipinski definition) is 1. The molecule has 4 aliphatic heterocycles. The van der Waals surface area contributed by atoms with Gasteiger partial charge in [0.15, 0.2) is 0 Å². The van der Waals surface area contributed by atoms with Crippen LogP contribution in [0.2, 0.25) is 0 Å². The van der Waals surface area contributed by atoms with Gasteiger partial charge in [0, 0.05) is 24.9 Å². The van der Waals surface area contributed by atoms with Crippen molar-refractivity contribution >= 4 is 5.91 Å². The Hall–Kier alpha value is -0.570. The summed E-state index contributed by atoms with van der Waals surface area (Å²) in [7, 11) is 0. The molecule has 100 valence electrons. The predicted molar refractivity (Wildman–Crippen MR) is 69.3 cm³/mol. The maximum absolute atomic E-state index is 12.7. The van der Waals surface area contributed by atoms with Crippen LogP contribution in [0, 0.1) is 11.8 Å². The zero-order chi connectivity index (χ0) is 12.1. The van der Waals surface area contributed by atoms with Gasteiger partial charge in [-0.3, -0.25) is 4.79 Å². The Kier molecular flexibility index (Phi) is 2.65. The molecule has 1 N–H and O–H groups in total.